The number of hydrogen-bond acceptors (Lipinski definition) is 4. The molecule has 0 spiro atoms. The third-order valence-electron chi connectivity index (χ3n) is 3.42. The fourth-order valence-corrected chi connectivity index (χ4v) is 3.35. The standard InChI is InChI=1S/C12H21N3S/c1-8-5-9(2)15(6-8)12-14-11(7-16-12)10(3)13-4/h7-10,13H,5-6H2,1-4H3. The van der Waals surface area contributed by atoms with Crippen LogP contribution in [0.15, 0.2) is 5.38 Å². The van der Waals surface area contributed by atoms with Crippen molar-refractivity contribution in [2.75, 3.05) is 18.5 Å². The van der Waals surface area contributed by atoms with E-state index in [1.54, 1.807) is 11.3 Å². The fraction of sp³-hybridized carbons (Fsp3) is 0.750. The van der Waals surface area contributed by atoms with E-state index in [9.17, 15) is 0 Å². The molecule has 1 fully saturated rings. The van der Waals surface area contributed by atoms with E-state index in [0.29, 0.717) is 12.1 Å². The molecular weight excluding hydrogens is 218 g/mol. The van der Waals surface area contributed by atoms with Crippen LogP contribution in [0.3, 0.4) is 0 Å². The minimum Gasteiger partial charge on any atom is -0.345 e. The molecule has 16 heavy (non-hydrogen) atoms. The number of aromatic nitrogens is 1. The lowest BCUT2D eigenvalue weighted by atomic mass is 10.1. The number of nitrogens with zero attached hydrogens (tertiary/aromatic N) is 2. The summed E-state index contributed by atoms with van der Waals surface area (Å²) >= 11 is 1.77. The predicted molar refractivity (Wildman–Crippen MR) is 70.2 cm³/mol. The van der Waals surface area contributed by atoms with Crippen LogP contribution in [0.25, 0.3) is 0 Å². The van der Waals surface area contributed by atoms with Gasteiger partial charge < -0.3 is 10.2 Å². The van der Waals surface area contributed by atoms with Crippen molar-refractivity contribution in [3.05, 3.63) is 11.1 Å². The maximum Gasteiger partial charge on any atom is 0.185 e. The molecule has 1 aromatic heterocycles. The van der Waals surface area contributed by atoms with Crippen molar-refractivity contribution in [1.82, 2.24) is 10.3 Å². The maximum absolute atomic E-state index is 4.73. The van der Waals surface area contributed by atoms with Gasteiger partial charge in [-0.2, -0.15) is 0 Å². The van der Waals surface area contributed by atoms with Crippen molar-refractivity contribution in [3.8, 4) is 0 Å². The van der Waals surface area contributed by atoms with Gasteiger partial charge in [-0.05, 0) is 33.2 Å². The highest BCUT2D eigenvalue weighted by Gasteiger charge is 2.28. The molecule has 0 radical (unpaired) electrons. The second-order valence-electron chi connectivity index (χ2n) is 4.91. The Kier molecular flexibility index (Phi) is 3.50. The molecular formula is C12H21N3S. The Hall–Kier alpha value is -0.610. The van der Waals surface area contributed by atoms with Gasteiger partial charge in [0.15, 0.2) is 5.13 Å². The largest absolute Gasteiger partial charge is 0.345 e. The third-order valence-corrected chi connectivity index (χ3v) is 4.31. The van der Waals surface area contributed by atoms with Gasteiger partial charge in [0, 0.05) is 24.0 Å². The Balaban J connectivity index is 2.13. The molecule has 0 aliphatic carbocycles. The third kappa shape index (κ3) is 2.23. The zero-order valence-corrected chi connectivity index (χ0v) is 11.3. The first kappa shape index (κ1) is 11.9. The van der Waals surface area contributed by atoms with Crippen LogP contribution in [0.4, 0.5) is 5.13 Å². The van der Waals surface area contributed by atoms with Gasteiger partial charge >= 0.3 is 0 Å². The molecule has 1 aliphatic rings. The minimum atomic E-state index is 0.348. The Morgan fingerprint density at radius 3 is 2.88 bits per heavy atom. The van der Waals surface area contributed by atoms with Gasteiger partial charge in [-0.25, -0.2) is 4.98 Å². The van der Waals surface area contributed by atoms with Gasteiger partial charge in [0.25, 0.3) is 0 Å². The molecule has 0 amide bonds. The van der Waals surface area contributed by atoms with Gasteiger partial charge in [-0.1, -0.05) is 6.92 Å². The lowest BCUT2D eigenvalue weighted by Crippen LogP contribution is -2.26. The number of rotatable bonds is 3. The van der Waals surface area contributed by atoms with E-state index in [2.05, 4.69) is 36.4 Å². The topological polar surface area (TPSA) is 28.2 Å². The smallest absolute Gasteiger partial charge is 0.185 e. The molecule has 1 saturated heterocycles. The zero-order valence-electron chi connectivity index (χ0n) is 10.5. The molecule has 3 atom stereocenters. The van der Waals surface area contributed by atoms with Gasteiger partial charge in [0.05, 0.1) is 5.69 Å². The van der Waals surface area contributed by atoms with Gasteiger partial charge in [-0.15, -0.1) is 11.3 Å². The van der Waals surface area contributed by atoms with E-state index in [1.165, 1.54) is 11.6 Å². The summed E-state index contributed by atoms with van der Waals surface area (Å²) < 4.78 is 0. The summed E-state index contributed by atoms with van der Waals surface area (Å²) in [6.45, 7) is 7.92. The van der Waals surface area contributed by atoms with Crippen LogP contribution in [0, 0.1) is 5.92 Å². The van der Waals surface area contributed by atoms with Gasteiger partial charge in [0.2, 0.25) is 0 Å². The number of hydrogen-bond donors (Lipinski definition) is 1. The van der Waals surface area contributed by atoms with Crippen LogP contribution < -0.4 is 10.2 Å². The molecule has 2 heterocycles. The zero-order chi connectivity index (χ0) is 11.7. The van der Waals surface area contributed by atoms with E-state index in [4.69, 9.17) is 4.98 Å². The van der Waals surface area contributed by atoms with Crippen LogP contribution in [-0.4, -0.2) is 24.6 Å². The molecule has 0 bridgehead atoms. The van der Waals surface area contributed by atoms with Crippen LogP contribution in [0.1, 0.15) is 38.9 Å². The second-order valence-corrected chi connectivity index (χ2v) is 5.74. The SMILES string of the molecule is CNC(C)c1csc(N2CC(C)CC2C)n1. The molecule has 1 N–H and O–H groups in total. The molecule has 0 saturated carbocycles. The summed E-state index contributed by atoms with van der Waals surface area (Å²) in [6.07, 6.45) is 1.29. The predicted octanol–water partition coefficient (Wildman–Crippen LogP) is 2.66. The normalized spacial score (nSPS) is 27.4. The summed E-state index contributed by atoms with van der Waals surface area (Å²) in [6, 6.07) is 0.985. The summed E-state index contributed by atoms with van der Waals surface area (Å²) in [5.41, 5.74) is 1.16. The lowest BCUT2D eigenvalue weighted by Gasteiger charge is -2.20. The Morgan fingerprint density at radius 1 is 1.56 bits per heavy atom. The fourth-order valence-electron chi connectivity index (χ4n) is 2.32. The average Bonchev–Trinajstić information content (AvgIpc) is 2.83. The number of thiazole rings is 1. The van der Waals surface area contributed by atoms with E-state index in [0.717, 1.165) is 18.2 Å². The first-order valence-electron chi connectivity index (χ1n) is 6.01. The Morgan fingerprint density at radius 2 is 2.31 bits per heavy atom. The van der Waals surface area contributed by atoms with E-state index in [1.807, 2.05) is 7.05 Å². The van der Waals surface area contributed by atoms with Gasteiger partial charge in [0.1, 0.15) is 0 Å². The quantitative estimate of drug-likeness (QED) is 0.879. The molecule has 90 valence electrons. The molecule has 3 nitrogen and oxygen atoms in total. The molecule has 4 heteroatoms. The summed E-state index contributed by atoms with van der Waals surface area (Å²) in [5, 5.41) is 6.59. The molecule has 1 aromatic rings. The lowest BCUT2D eigenvalue weighted by molar-refractivity contribution is 0.624. The average molecular weight is 239 g/mol. The molecule has 2 rings (SSSR count). The monoisotopic (exact) mass is 239 g/mol. The molecule has 1 aliphatic heterocycles. The number of anilines is 1. The van der Waals surface area contributed by atoms with Crippen LogP contribution in [0.2, 0.25) is 0 Å². The van der Waals surface area contributed by atoms with E-state index >= 15 is 0 Å². The van der Waals surface area contributed by atoms with Crippen molar-refractivity contribution in [2.24, 2.45) is 5.92 Å². The second kappa shape index (κ2) is 4.72. The van der Waals surface area contributed by atoms with Crippen molar-refractivity contribution in [1.29, 1.82) is 0 Å². The van der Waals surface area contributed by atoms with E-state index in [-0.39, 0.29) is 0 Å². The maximum atomic E-state index is 4.73. The van der Waals surface area contributed by atoms with Crippen molar-refractivity contribution < 1.29 is 0 Å². The van der Waals surface area contributed by atoms with Crippen molar-refractivity contribution in [2.45, 2.75) is 39.3 Å². The molecule has 0 aromatic carbocycles. The first-order chi connectivity index (χ1) is 7.61. The van der Waals surface area contributed by atoms with E-state index < -0.39 is 0 Å². The summed E-state index contributed by atoms with van der Waals surface area (Å²) in [4.78, 5) is 7.18. The van der Waals surface area contributed by atoms with Gasteiger partial charge in [-0.3, -0.25) is 0 Å². The van der Waals surface area contributed by atoms with Crippen molar-refractivity contribution >= 4 is 16.5 Å². The van der Waals surface area contributed by atoms with Crippen LogP contribution >= 0.6 is 11.3 Å². The Bertz CT molecular complexity index is 350. The van der Waals surface area contributed by atoms with Crippen LogP contribution in [-0.2, 0) is 0 Å². The molecule has 3 unspecified atom stereocenters. The van der Waals surface area contributed by atoms with Crippen LogP contribution in [0.5, 0.6) is 0 Å². The first-order valence-corrected chi connectivity index (χ1v) is 6.89. The highest BCUT2D eigenvalue weighted by Crippen LogP contribution is 2.32. The highest BCUT2D eigenvalue weighted by molar-refractivity contribution is 7.13. The van der Waals surface area contributed by atoms with Crippen molar-refractivity contribution in [3.63, 3.8) is 0 Å². The minimum absolute atomic E-state index is 0.348. The number of nitrogens with one attached hydrogen (secondary N) is 1. The summed E-state index contributed by atoms with van der Waals surface area (Å²) in [5.74, 6) is 0.795. The Labute approximate surface area is 102 Å². The summed E-state index contributed by atoms with van der Waals surface area (Å²) in [7, 11) is 1.98. The highest BCUT2D eigenvalue weighted by atomic mass is 32.1.